The van der Waals surface area contributed by atoms with Gasteiger partial charge in [-0.05, 0) is 37.2 Å². The summed E-state index contributed by atoms with van der Waals surface area (Å²) in [5, 5.41) is 14.4. The first-order valence-electron chi connectivity index (χ1n) is 10.6. The zero-order valence-electron chi connectivity index (χ0n) is 18.0. The van der Waals surface area contributed by atoms with Gasteiger partial charge in [-0.15, -0.1) is 0 Å². The molecule has 0 bridgehead atoms. The second-order valence-corrected chi connectivity index (χ2v) is 8.29. The van der Waals surface area contributed by atoms with Crippen molar-refractivity contribution in [3.05, 3.63) is 35.9 Å². The summed E-state index contributed by atoms with van der Waals surface area (Å²) in [5.74, 6) is -2.32. The van der Waals surface area contributed by atoms with Crippen LogP contribution >= 0.6 is 0 Å². The summed E-state index contributed by atoms with van der Waals surface area (Å²) >= 11 is 0. The van der Waals surface area contributed by atoms with Gasteiger partial charge >= 0.3 is 5.97 Å². The number of carboxylic acids is 1. The van der Waals surface area contributed by atoms with Crippen molar-refractivity contribution in [2.24, 2.45) is 11.7 Å². The second-order valence-electron chi connectivity index (χ2n) is 8.29. The maximum absolute atomic E-state index is 12.6. The Labute approximate surface area is 182 Å². The molecule has 9 nitrogen and oxygen atoms in total. The van der Waals surface area contributed by atoms with Crippen molar-refractivity contribution < 1.29 is 24.3 Å². The highest BCUT2D eigenvalue weighted by atomic mass is 16.4. The molecule has 0 saturated carbocycles. The van der Waals surface area contributed by atoms with E-state index in [0.29, 0.717) is 32.2 Å². The molecule has 5 N–H and O–H groups in total. The average Bonchev–Trinajstić information content (AvgIpc) is 3.21. The number of nitrogens with zero attached hydrogens (tertiary/aromatic N) is 1. The molecule has 1 aliphatic heterocycles. The third-order valence-electron chi connectivity index (χ3n) is 5.25. The molecule has 0 aliphatic carbocycles. The van der Waals surface area contributed by atoms with Gasteiger partial charge in [-0.3, -0.25) is 14.4 Å². The predicted molar refractivity (Wildman–Crippen MR) is 115 cm³/mol. The number of amides is 3. The minimum atomic E-state index is -1.10. The fourth-order valence-electron chi connectivity index (χ4n) is 3.65. The van der Waals surface area contributed by atoms with Gasteiger partial charge in [0.25, 0.3) is 0 Å². The number of nitrogens with two attached hydrogens (primary N) is 1. The van der Waals surface area contributed by atoms with Crippen LogP contribution < -0.4 is 16.4 Å². The summed E-state index contributed by atoms with van der Waals surface area (Å²) < 4.78 is 0. The Morgan fingerprint density at radius 3 is 2.48 bits per heavy atom. The zero-order chi connectivity index (χ0) is 23.0. The monoisotopic (exact) mass is 432 g/mol. The van der Waals surface area contributed by atoms with Gasteiger partial charge < -0.3 is 26.4 Å². The molecule has 3 amide bonds. The number of carboxylic acid groups (broad SMARTS) is 1. The second kappa shape index (κ2) is 11.5. The minimum absolute atomic E-state index is 0.0954. The Morgan fingerprint density at radius 1 is 1.19 bits per heavy atom. The zero-order valence-corrected chi connectivity index (χ0v) is 18.0. The van der Waals surface area contributed by atoms with E-state index >= 15 is 0 Å². The van der Waals surface area contributed by atoms with Crippen molar-refractivity contribution in [3.8, 4) is 0 Å². The molecule has 1 aromatic carbocycles. The number of aliphatic carboxylic acids is 1. The van der Waals surface area contributed by atoms with E-state index in [1.54, 1.807) is 0 Å². The van der Waals surface area contributed by atoms with Crippen molar-refractivity contribution in [1.29, 1.82) is 0 Å². The highest BCUT2D eigenvalue weighted by Gasteiger charge is 2.36. The number of carbonyl (C=O) groups excluding carboxylic acids is 3. The molecule has 1 saturated heterocycles. The third-order valence-corrected chi connectivity index (χ3v) is 5.25. The summed E-state index contributed by atoms with van der Waals surface area (Å²) in [6.45, 7) is 3.86. The number of nitrogens with one attached hydrogen (secondary N) is 2. The lowest BCUT2D eigenvalue weighted by atomic mass is 10.0. The number of hydrogen-bond donors (Lipinski definition) is 4. The number of carbonyl (C=O) groups is 4. The highest BCUT2D eigenvalue weighted by molar-refractivity contribution is 5.93. The van der Waals surface area contributed by atoms with Crippen molar-refractivity contribution >= 4 is 23.7 Å². The van der Waals surface area contributed by atoms with Crippen molar-refractivity contribution in [3.63, 3.8) is 0 Å². The number of hydrogen-bond acceptors (Lipinski definition) is 5. The lowest BCUT2D eigenvalue weighted by Crippen LogP contribution is -2.53. The maximum atomic E-state index is 12.6. The standard InChI is InChI=1S/C22H32N4O5/c1-14(2)11-17(22(30)31)25-21(29)18-9-6-10-26(18)19(27)13-24-20(28)16(23)12-15-7-4-3-5-8-15/h3-5,7-8,14,16-18H,6,9-13,23H2,1-2H3,(H,24,28)(H,25,29)(H,30,31). The molecule has 170 valence electrons. The van der Waals surface area contributed by atoms with Crippen LogP contribution in [0.25, 0.3) is 0 Å². The summed E-state index contributed by atoms with van der Waals surface area (Å²) in [7, 11) is 0. The van der Waals surface area contributed by atoms with Gasteiger partial charge in [-0.2, -0.15) is 0 Å². The van der Waals surface area contributed by atoms with Crippen LogP contribution in [0.4, 0.5) is 0 Å². The first-order chi connectivity index (χ1) is 14.7. The van der Waals surface area contributed by atoms with Crippen LogP contribution in [-0.2, 0) is 25.6 Å². The fourth-order valence-corrected chi connectivity index (χ4v) is 3.65. The topological polar surface area (TPSA) is 142 Å². The van der Waals surface area contributed by atoms with Crippen molar-refractivity contribution in [2.75, 3.05) is 13.1 Å². The minimum Gasteiger partial charge on any atom is -0.480 e. The van der Waals surface area contributed by atoms with Crippen LogP contribution in [0.5, 0.6) is 0 Å². The molecule has 9 heteroatoms. The molecule has 1 heterocycles. The van der Waals surface area contributed by atoms with Crippen LogP contribution in [0.2, 0.25) is 0 Å². The summed E-state index contributed by atoms with van der Waals surface area (Å²) in [6, 6.07) is 6.80. The first kappa shape index (κ1) is 24.3. The van der Waals surface area contributed by atoms with E-state index in [1.165, 1.54) is 4.90 Å². The Kier molecular flexibility index (Phi) is 8.99. The molecule has 2 rings (SSSR count). The third kappa shape index (κ3) is 7.36. The van der Waals surface area contributed by atoms with E-state index in [0.717, 1.165) is 5.56 Å². The summed E-state index contributed by atoms with van der Waals surface area (Å²) in [5.41, 5.74) is 6.85. The van der Waals surface area contributed by atoms with Crippen LogP contribution in [0.1, 0.15) is 38.7 Å². The molecular weight excluding hydrogens is 400 g/mol. The van der Waals surface area contributed by atoms with Crippen molar-refractivity contribution in [1.82, 2.24) is 15.5 Å². The largest absolute Gasteiger partial charge is 0.480 e. The van der Waals surface area contributed by atoms with Gasteiger partial charge in [0.1, 0.15) is 12.1 Å². The van der Waals surface area contributed by atoms with Crippen LogP contribution in [-0.4, -0.2) is 64.9 Å². The molecule has 1 aliphatic rings. The molecule has 0 radical (unpaired) electrons. The van der Waals surface area contributed by atoms with Gasteiger partial charge in [0.15, 0.2) is 0 Å². The SMILES string of the molecule is CC(C)CC(NC(=O)C1CCCN1C(=O)CNC(=O)C(N)Cc1ccccc1)C(=O)O. The van der Waals surface area contributed by atoms with Crippen LogP contribution in [0.15, 0.2) is 30.3 Å². The summed E-state index contributed by atoms with van der Waals surface area (Å²) in [6.07, 6.45) is 1.74. The van der Waals surface area contributed by atoms with Crippen molar-refractivity contribution in [2.45, 2.75) is 57.7 Å². The molecule has 0 spiro atoms. The first-order valence-corrected chi connectivity index (χ1v) is 10.6. The lowest BCUT2D eigenvalue weighted by Gasteiger charge is -2.26. The molecule has 3 atom stereocenters. The Hall–Kier alpha value is -2.94. The van der Waals surface area contributed by atoms with E-state index < -0.39 is 41.8 Å². The fraction of sp³-hybridized carbons (Fsp3) is 0.545. The van der Waals surface area contributed by atoms with Gasteiger partial charge in [0.05, 0.1) is 12.6 Å². The average molecular weight is 433 g/mol. The molecule has 1 aromatic rings. The smallest absolute Gasteiger partial charge is 0.326 e. The Balaban J connectivity index is 1.88. The molecule has 3 unspecified atom stereocenters. The normalized spacial score (nSPS) is 17.8. The quantitative estimate of drug-likeness (QED) is 0.418. The molecule has 0 aromatic heterocycles. The molecular formula is C22H32N4O5. The van der Waals surface area contributed by atoms with E-state index in [1.807, 2.05) is 44.2 Å². The molecule has 31 heavy (non-hydrogen) atoms. The molecule has 1 fully saturated rings. The maximum Gasteiger partial charge on any atom is 0.326 e. The Bertz CT molecular complexity index is 783. The van der Waals surface area contributed by atoms with E-state index in [4.69, 9.17) is 5.73 Å². The predicted octanol–water partition coefficient (Wildman–Crippen LogP) is 0.279. The van der Waals surface area contributed by atoms with Gasteiger partial charge in [0.2, 0.25) is 17.7 Å². The van der Waals surface area contributed by atoms with Gasteiger partial charge in [-0.1, -0.05) is 44.2 Å². The lowest BCUT2D eigenvalue weighted by molar-refractivity contribution is -0.144. The Morgan fingerprint density at radius 2 is 1.87 bits per heavy atom. The van der Waals surface area contributed by atoms with Crippen LogP contribution in [0.3, 0.4) is 0 Å². The number of benzene rings is 1. The number of likely N-dealkylation sites (tertiary alicyclic amines) is 1. The van der Waals surface area contributed by atoms with E-state index in [-0.39, 0.29) is 12.5 Å². The van der Waals surface area contributed by atoms with Crippen LogP contribution in [0, 0.1) is 5.92 Å². The van der Waals surface area contributed by atoms with E-state index in [9.17, 15) is 24.3 Å². The highest BCUT2D eigenvalue weighted by Crippen LogP contribution is 2.18. The van der Waals surface area contributed by atoms with E-state index in [2.05, 4.69) is 10.6 Å². The number of rotatable bonds is 10. The van der Waals surface area contributed by atoms with Gasteiger partial charge in [0, 0.05) is 6.54 Å². The van der Waals surface area contributed by atoms with Gasteiger partial charge in [-0.25, -0.2) is 4.79 Å². The summed E-state index contributed by atoms with van der Waals surface area (Å²) in [4.78, 5) is 50.3.